The van der Waals surface area contributed by atoms with Crippen molar-refractivity contribution in [1.29, 1.82) is 0 Å². The van der Waals surface area contributed by atoms with Gasteiger partial charge < -0.3 is 15.7 Å². The molecule has 0 unspecified atom stereocenters. The van der Waals surface area contributed by atoms with Gasteiger partial charge in [0.05, 0.1) is 27.9 Å². The summed E-state index contributed by atoms with van der Waals surface area (Å²) >= 11 is 0. The zero-order valence-electron chi connectivity index (χ0n) is 13.5. The van der Waals surface area contributed by atoms with Crippen LogP contribution in [0.2, 0.25) is 0 Å². The second kappa shape index (κ2) is 5.28. The standard InChI is InChI=1S/C18H13N7O/c19-16-11-3-1-2-4-12(11)24-18(26)15(16)17-22-13-6-5-10(7-14(13)23-17)25-9-20-8-21-25/h1-9H,(H,22,23)(H3,19,24,26). The Kier molecular flexibility index (Phi) is 2.93. The van der Waals surface area contributed by atoms with Crippen LogP contribution in [-0.2, 0) is 0 Å². The minimum atomic E-state index is -0.281. The first-order valence-electron chi connectivity index (χ1n) is 7.96. The number of pyridine rings is 1. The molecular formula is C18H13N7O. The molecule has 5 rings (SSSR count). The number of anilines is 1. The van der Waals surface area contributed by atoms with Crippen LogP contribution in [0.15, 0.2) is 59.9 Å². The van der Waals surface area contributed by atoms with E-state index in [-0.39, 0.29) is 5.56 Å². The van der Waals surface area contributed by atoms with Gasteiger partial charge in [0.15, 0.2) is 0 Å². The minimum Gasteiger partial charge on any atom is -0.397 e. The van der Waals surface area contributed by atoms with Crippen LogP contribution in [0.5, 0.6) is 0 Å². The summed E-state index contributed by atoms with van der Waals surface area (Å²) in [4.78, 5) is 27.1. The highest BCUT2D eigenvalue weighted by molar-refractivity contribution is 5.97. The Morgan fingerprint density at radius 3 is 2.77 bits per heavy atom. The Morgan fingerprint density at radius 1 is 1.04 bits per heavy atom. The molecule has 0 atom stereocenters. The number of nitrogens with one attached hydrogen (secondary N) is 2. The average Bonchev–Trinajstić information content (AvgIpc) is 3.31. The van der Waals surface area contributed by atoms with Gasteiger partial charge in [-0.15, -0.1) is 0 Å². The van der Waals surface area contributed by atoms with Gasteiger partial charge in [0.2, 0.25) is 0 Å². The van der Waals surface area contributed by atoms with Gasteiger partial charge in [-0.25, -0.2) is 14.6 Å². The molecule has 3 heterocycles. The van der Waals surface area contributed by atoms with E-state index in [1.54, 1.807) is 11.0 Å². The van der Waals surface area contributed by atoms with Crippen molar-refractivity contribution in [3.63, 3.8) is 0 Å². The fourth-order valence-electron chi connectivity index (χ4n) is 3.10. The van der Waals surface area contributed by atoms with Crippen LogP contribution in [0, 0.1) is 0 Å². The topological polar surface area (TPSA) is 118 Å². The molecule has 2 aromatic carbocycles. The number of nitrogens with zero attached hydrogens (tertiary/aromatic N) is 4. The predicted molar refractivity (Wildman–Crippen MR) is 99.0 cm³/mol. The van der Waals surface area contributed by atoms with Gasteiger partial charge in [0, 0.05) is 5.39 Å². The van der Waals surface area contributed by atoms with E-state index in [9.17, 15) is 4.79 Å². The maximum absolute atomic E-state index is 12.6. The van der Waals surface area contributed by atoms with Crippen LogP contribution in [0.1, 0.15) is 0 Å². The number of imidazole rings is 1. The van der Waals surface area contributed by atoms with Crippen molar-refractivity contribution < 1.29 is 0 Å². The van der Waals surface area contributed by atoms with E-state index < -0.39 is 0 Å². The quantitative estimate of drug-likeness (QED) is 0.454. The van der Waals surface area contributed by atoms with Crippen molar-refractivity contribution in [1.82, 2.24) is 29.7 Å². The third-order valence-electron chi connectivity index (χ3n) is 4.35. The maximum Gasteiger partial charge on any atom is 0.261 e. The van der Waals surface area contributed by atoms with Crippen molar-refractivity contribution in [3.05, 3.63) is 65.5 Å². The fourth-order valence-corrected chi connectivity index (χ4v) is 3.10. The normalized spacial score (nSPS) is 11.4. The van der Waals surface area contributed by atoms with E-state index in [0.717, 1.165) is 22.1 Å². The highest BCUT2D eigenvalue weighted by atomic mass is 16.1. The van der Waals surface area contributed by atoms with Gasteiger partial charge in [-0.1, -0.05) is 18.2 Å². The number of aromatic amines is 2. The lowest BCUT2D eigenvalue weighted by Crippen LogP contribution is -2.13. The van der Waals surface area contributed by atoms with Gasteiger partial charge in [-0.2, -0.15) is 5.10 Å². The lowest BCUT2D eigenvalue weighted by molar-refractivity contribution is 0.880. The van der Waals surface area contributed by atoms with Gasteiger partial charge in [0.1, 0.15) is 24.0 Å². The first-order chi connectivity index (χ1) is 12.7. The smallest absolute Gasteiger partial charge is 0.261 e. The second-order valence-electron chi connectivity index (χ2n) is 5.92. The summed E-state index contributed by atoms with van der Waals surface area (Å²) in [5.74, 6) is 0.431. The maximum atomic E-state index is 12.6. The number of rotatable bonds is 2. The van der Waals surface area contributed by atoms with Crippen LogP contribution in [0.25, 0.3) is 39.0 Å². The van der Waals surface area contributed by atoms with Gasteiger partial charge >= 0.3 is 0 Å². The largest absolute Gasteiger partial charge is 0.397 e. The molecule has 4 N–H and O–H groups in total. The lowest BCUT2D eigenvalue weighted by Gasteiger charge is -2.06. The molecule has 26 heavy (non-hydrogen) atoms. The summed E-state index contributed by atoms with van der Waals surface area (Å²) in [7, 11) is 0. The Bertz CT molecular complexity index is 1310. The number of hydrogen-bond donors (Lipinski definition) is 3. The number of H-pyrrole nitrogens is 2. The van der Waals surface area contributed by atoms with Gasteiger partial charge in [-0.05, 0) is 24.3 Å². The molecule has 0 aliphatic carbocycles. The van der Waals surface area contributed by atoms with E-state index in [2.05, 4.69) is 25.0 Å². The molecule has 0 saturated carbocycles. The number of nitrogen functional groups attached to an aromatic ring is 1. The minimum absolute atomic E-state index is 0.281. The molecule has 3 aromatic heterocycles. The Balaban J connectivity index is 1.72. The zero-order chi connectivity index (χ0) is 17.7. The summed E-state index contributed by atoms with van der Waals surface area (Å²) in [6.45, 7) is 0. The molecule has 0 fully saturated rings. The van der Waals surface area contributed by atoms with Crippen LogP contribution in [0.3, 0.4) is 0 Å². The SMILES string of the molecule is Nc1c(-c2nc3ccc(-n4cncn4)cc3[nH]2)c(=O)[nH]c2ccccc12. The number of aromatic nitrogens is 6. The van der Waals surface area contributed by atoms with E-state index >= 15 is 0 Å². The van der Waals surface area contributed by atoms with E-state index in [0.29, 0.717) is 22.6 Å². The van der Waals surface area contributed by atoms with Crippen molar-refractivity contribution in [2.24, 2.45) is 0 Å². The number of hydrogen-bond acceptors (Lipinski definition) is 5. The molecule has 0 bridgehead atoms. The van der Waals surface area contributed by atoms with Crippen LogP contribution in [0.4, 0.5) is 5.69 Å². The number of benzene rings is 2. The summed E-state index contributed by atoms with van der Waals surface area (Å²) in [5, 5.41) is 4.90. The summed E-state index contributed by atoms with van der Waals surface area (Å²) in [6.07, 6.45) is 3.09. The molecule has 8 nitrogen and oxygen atoms in total. The molecule has 0 radical (unpaired) electrons. The third-order valence-corrected chi connectivity index (χ3v) is 4.35. The first kappa shape index (κ1) is 14.4. The van der Waals surface area contributed by atoms with Crippen molar-refractivity contribution in [2.75, 3.05) is 5.73 Å². The van der Waals surface area contributed by atoms with Gasteiger partial charge in [-0.3, -0.25) is 4.79 Å². The molecule has 5 aromatic rings. The monoisotopic (exact) mass is 343 g/mol. The molecule has 8 heteroatoms. The number of nitrogens with two attached hydrogens (primary N) is 1. The molecule has 0 saturated heterocycles. The summed E-state index contributed by atoms with van der Waals surface area (Å²) in [6, 6.07) is 13.1. The predicted octanol–water partition coefficient (Wildman–Crippen LogP) is 2.23. The molecular weight excluding hydrogens is 330 g/mol. The first-order valence-corrected chi connectivity index (χ1v) is 7.96. The Hall–Kier alpha value is -3.94. The molecule has 0 aliphatic heterocycles. The van der Waals surface area contributed by atoms with Crippen molar-refractivity contribution >= 4 is 27.6 Å². The van der Waals surface area contributed by atoms with E-state index in [1.165, 1.54) is 6.33 Å². The fraction of sp³-hybridized carbons (Fsp3) is 0. The lowest BCUT2D eigenvalue weighted by atomic mass is 10.1. The van der Waals surface area contributed by atoms with Crippen LogP contribution < -0.4 is 11.3 Å². The third kappa shape index (κ3) is 2.09. The molecule has 0 aliphatic rings. The highest BCUT2D eigenvalue weighted by Gasteiger charge is 2.16. The van der Waals surface area contributed by atoms with Crippen LogP contribution in [-0.4, -0.2) is 29.7 Å². The molecule has 0 amide bonds. The van der Waals surface area contributed by atoms with Gasteiger partial charge in [0.25, 0.3) is 5.56 Å². The highest BCUT2D eigenvalue weighted by Crippen LogP contribution is 2.28. The Labute approximate surface area is 146 Å². The average molecular weight is 343 g/mol. The molecule has 126 valence electrons. The zero-order valence-corrected chi connectivity index (χ0v) is 13.5. The van der Waals surface area contributed by atoms with Crippen molar-refractivity contribution in [2.45, 2.75) is 0 Å². The van der Waals surface area contributed by atoms with Crippen molar-refractivity contribution in [3.8, 4) is 17.1 Å². The van der Waals surface area contributed by atoms with Crippen LogP contribution >= 0.6 is 0 Å². The van der Waals surface area contributed by atoms with E-state index in [1.807, 2.05) is 42.5 Å². The summed E-state index contributed by atoms with van der Waals surface area (Å²) in [5.41, 5.74) is 9.78. The Morgan fingerprint density at radius 2 is 1.92 bits per heavy atom. The summed E-state index contributed by atoms with van der Waals surface area (Å²) < 4.78 is 1.65. The van der Waals surface area contributed by atoms with E-state index in [4.69, 9.17) is 5.73 Å². The number of fused-ring (bicyclic) bond motifs is 2. The second-order valence-corrected chi connectivity index (χ2v) is 5.92. The molecule has 0 spiro atoms. The number of para-hydroxylation sites is 1.